The number of nitrogens with zero attached hydrogens (tertiary/aromatic N) is 2. The van der Waals surface area contributed by atoms with E-state index >= 15 is 0 Å². The van der Waals surface area contributed by atoms with E-state index in [0.29, 0.717) is 16.5 Å². The highest BCUT2D eigenvalue weighted by molar-refractivity contribution is 5.86. The molecule has 0 aliphatic carbocycles. The van der Waals surface area contributed by atoms with E-state index in [9.17, 15) is 19.5 Å². The van der Waals surface area contributed by atoms with E-state index in [1.807, 2.05) is 0 Å². The maximum Gasteiger partial charge on any atom is 0.262 e. The van der Waals surface area contributed by atoms with Crippen molar-refractivity contribution in [2.75, 3.05) is 6.54 Å². The fraction of sp³-hybridized carbons (Fsp3) is 0.111. The molecule has 0 saturated carbocycles. The molecule has 3 rings (SSSR count). The number of benzene rings is 2. The summed E-state index contributed by atoms with van der Waals surface area (Å²) in [4.78, 5) is 40.2. The zero-order valence-corrected chi connectivity index (χ0v) is 13.1. The number of carbonyl (C=O) groups is 2. The summed E-state index contributed by atoms with van der Waals surface area (Å²) < 4.78 is 1.20. The average molecular weight is 336 g/mol. The van der Waals surface area contributed by atoms with Gasteiger partial charge in [-0.2, -0.15) is 0 Å². The van der Waals surface area contributed by atoms with Gasteiger partial charge in [-0.25, -0.2) is 4.98 Å². The second-order valence-corrected chi connectivity index (χ2v) is 5.38. The summed E-state index contributed by atoms with van der Waals surface area (Å²) in [6.45, 7) is -0.641. The lowest BCUT2D eigenvalue weighted by Crippen LogP contribution is -2.43. The second kappa shape index (κ2) is 6.96. The molecule has 7 nitrogen and oxygen atoms in total. The lowest BCUT2D eigenvalue weighted by Gasteiger charge is -2.20. The number of nitrogens with one attached hydrogen (secondary N) is 1. The Hall–Kier alpha value is -3.48. The highest BCUT2D eigenvalue weighted by Gasteiger charge is 2.24. The summed E-state index contributed by atoms with van der Waals surface area (Å²) in [5.74, 6) is -2.04. The third kappa shape index (κ3) is 3.40. The zero-order valence-electron chi connectivity index (χ0n) is 13.1. The van der Waals surface area contributed by atoms with Gasteiger partial charge in [0, 0.05) is 0 Å². The average Bonchev–Trinajstić information content (AvgIpc) is 2.63. The van der Waals surface area contributed by atoms with Crippen molar-refractivity contribution in [1.82, 2.24) is 14.9 Å². The van der Waals surface area contributed by atoms with Crippen molar-refractivity contribution >= 4 is 22.8 Å². The van der Waals surface area contributed by atoms with Gasteiger partial charge in [0.15, 0.2) is 0 Å². The third-order valence-corrected chi connectivity index (χ3v) is 3.74. The highest BCUT2D eigenvalue weighted by Crippen LogP contribution is 2.18. The second-order valence-electron chi connectivity index (χ2n) is 5.38. The number of para-hydroxylation sites is 1. The molecule has 1 atom stereocenters. The first-order valence-corrected chi connectivity index (χ1v) is 7.56. The molecule has 25 heavy (non-hydrogen) atoms. The molecule has 0 radical (unpaired) electrons. The van der Waals surface area contributed by atoms with Crippen molar-refractivity contribution in [2.24, 2.45) is 0 Å². The van der Waals surface area contributed by atoms with E-state index in [1.54, 1.807) is 54.6 Å². The highest BCUT2D eigenvalue weighted by atomic mass is 16.4. The molecule has 1 heterocycles. The van der Waals surface area contributed by atoms with Crippen LogP contribution in [0.5, 0.6) is 0 Å². The Morgan fingerprint density at radius 3 is 2.48 bits per heavy atom. The van der Waals surface area contributed by atoms with Crippen molar-refractivity contribution in [1.29, 1.82) is 0 Å². The van der Waals surface area contributed by atoms with E-state index in [0.717, 1.165) is 0 Å². The zero-order chi connectivity index (χ0) is 17.8. The van der Waals surface area contributed by atoms with Gasteiger partial charge in [-0.3, -0.25) is 14.2 Å². The molecule has 1 amide bonds. The van der Waals surface area contributed by atoms with E-state index in [4.69, 9.17) is 0 Å². The molecule has 0 spiro atoms. The summed E-state index contributed by atoms with van der Waals surface area (Å²) in [5, 5.41) is 13.3. The Labute approximate surface area is 142 Å². The Balaban J connectivity index is 2.12. The van der Waals surface area contributed by atoms with Crippen molar-refractivity contribution < 1.29 is 14.7 Å². The van der Waals surface area contributed by atoms with Crippen molar-refractivity contribution in [3.8, 4) is 0 Å². The van der Waals surface area contributed by atoms with Gasteiger partial charge >= 0.3 is 0 Å². The summed E-state index contributed by atoms with van der Waals surface area (Å²) in [5.41, 5.74) is 0.672. The van der Waals surface area contributed by atoms with Gasteiger partial charge in [-0.05, 0) is 17.7 Å². The molecule has 0 aliphatic rings. The van der Waals surface area contributed by atoms with Crippen molar-refractivity contribution in [3.05, 3.63) is 76.8 Å². The minimum absolute atomic E-state index is 0.374. The van der Waals surface area contributed by atoms with Crippen molar-refractivity contribution in [2.45, 2.75) is 6.04 Å². The van der Waals surface area contributed by atoms with Crippen molar-refractivity contribution in [3.63, 3.8) is 0 Å². The van der Waals surface area contributed by atoms with Gasteiger partial charge in [-0.15, -0.1) is 0 Å². The number of hydrogen-bond acceptors (Lipinski definition) is 5. The van der Waals surface area contributed by atoms with Crippen LogP contribution in [0.25, 0.3) is 10.9 Å². The molecular weight excluding hydrogens is 322 g/mol. The number of aromatic nitrogens is 2. The van der Waals surface area contributed by atoms with E-state index in [2.05, 4.69) is 10.3 Å². The number of rotatable bonds is 5. The van der Waals surface area contributed by atoms with E-state index in [-0.39, 0.29) is 5.56 Å². The summed E-state index contributed by atoms with van der Waals surface area (Å²) >= 11 is 0. The number of amides is 1. The minimum atomic E-state index is -1.41. The minimum Gasteiger partial charge on any atom is -0.548 e. The SMILES string of the molecule is O=C([O-])CNC(=O)[C@H](c1ccccc1)n1cnc2ccccc2c1=O. The molecule has 1 N–H and O–H groups in total. The van der Waals surface area contributed by atoms with Crippen LogP contribution in [0.1, 0.15) is 11.6 Å². The smallest absolute Gasteiger partial charge is 0.262 e. The van der Waals surface area contributed by atoms with Gasteiger partial charge in [0.25, 0.3) is 5.56 Å². The Morgan fingerprint density at radius 1 is 1.08 bits per heavy atom. The Kier molecular flexibility index (Phi) is 4.56. The first-order valence-electron chi connectivity index (χ1n) is 7.56. The Morgan fingerprint density at radius 2 is 1.76 bits per heavy atom. The van der Waals surface area contributed by atoms with Crippen LogP contribution >= 0.6 is 0 Å². The van der Waals surface area contributed by atoms with Crippen LogP contribution in [0.4, 0.5) is 0 Å². The number of carboxylic acid groups (broad SMARTS) is 1. The van der Waals surface area contributed by atoms with Gasteiger partial charge in [0.05, 0.1) is 29.7 Å². The molecule has 3 aromatic rings. The lowest BCUT2D eigenvalue weighted by molar-refractivity contribution is -0.304. The van der Waals surface area contributed by atoms with E-state index in [1.165, 1.54) is 10.9 Å². The maximum absolute atomic E-state index is 12.8. The van der Waals surface area contributed by atoms with Crippen LogP contribution < -0.4 is 16.0 Å². The normalized spacial score (nSPS) is 11.8. The molecule has 126 valence electrons. The number of aliphatic carboxylic acids is 1. The Bertz CT molecular complexity index is 982. The van der Waals surface area contributed by atoms with Gasteiger partial charge < -0.3 is 15.2 Å². The van der Waals surface area contributed by atoms with Crippen LogP contribution in [-0.2, 0) is 9.59 Å². The standard InChI is InChI=1S/C18H15N3O4/c22-15(23)10-19-17(24)16(12-6-2-1-3-7-12)21-11-20-14-9-5-4-8-13(14)18(21)25/h1-9,11,16H,10H2,(H,19,24)(H,22,23)/p-1/t16-/m0/s1. The largest absolute Gasteiger partial charge is 0.548 e. The maximum atomic E-state index is 12.8. The molecule has 0 fully saturated rings. The summed E-state index contributed by atoms with van der Waals surface area (Å²) in [7, 11) is 0. The summed E-state index contributed by atoms with van der Waals surface area (Å²) in [6.07, 6.45) is 1.29. The monoisotopic (exact) mass is 336 g/mol. The fourth-order valence-corrected chi connectivity index (χ4v) is 2.60. The quantitative estimate of drug-likeness (QED) is 0.698. The van der Waals surface area contributed by atoms with Crippen LogP contribution in [0.3, 0.4) is 0 Å². The topological polar surface area (TPSA) is 104 Å². The van der Waals surface area contributed by atoms with Crippen LogP contribution in [-0.4, -0.2) is 28.0 Å². The van der Waals surface area contributed by atoms with Gasteiger partial charge in [0.2, 0.25) is 5.91 Å². The number of fused-ring (bicyclic) bond motifs is 1. The molecular formula is C18H14N3O4-. The van der Waals surface area contributed by atoms with Gasteiger partial charge in [0.1, 0.15) is 6.04 Å². The van der Waals surface area contributed by atoms with Crippen LogP contribution in [0.2, 0.25) is 0 Å². The van der Waals surface area contributed by atoms with Crippen LogP contribution in [0, 0.1) is 0 Å². The van der Waals surface area contributed by atoms with Gasteiger partial charge in [-0.1, -0.05) is 42.5 Å². The molecule has 2 aromatic carbocycles. The predicted molar refractivity (Wildman–Crippen MR) is 88.6 cm³/mol. The summed E-state index contributed by atoms with van der Waals surface area (Å²) in [6, 6.07) is 14.4. The first-order chi connectivity index (χ1) is 12.1. The molecule has 0 unspecified atom stereocenters. The predicted octanol–water partition coefficient (Wildman–Crippen LogP) is -0.148. The number of carbonyl (C=O) groups excluding carboxylic acids is 2. The molecule has 0 aliphatic heterocycles. The lowest BCUT2D eigenvalue weighted by atomic mass is 10.1. The fourth-order valence-electron chi connectivity index (χ4n) is 2.60. The molecule has 0 saturated heterocycles. The number of hydrogen-bond donors (Lipinski definition) is 1. The molecule has 0 bridgehead atoms. The first kappa shape index (κ1) is 16.4. The molecule has 1 aromatic heterocycles. The number of carboxylic acids is 1. The van der Waals surface area contributed by atoms with Crippen LogP contribution in [0.15, 0.2) is 65.7 Å². The molecule has 7 heteroatoms. The van der Waals surface area contributed by atoms with E-state index < -0.39 is 24.5 Å². The third-order valence-electron chi connectivity index (χ3n) is 3.74.